The molecule has 5 nitrogen and oxygen atoms in total. The van der Waals surface area contributed by atoms with E-state index in [0.29, 0.717) is 0 Å². The van der Waals surface area contributed by atoms with Gasteiger partial charge in [-0.15, -0.1) is 0 Å². The molecular weight excluding hydrogens is 286 g/mol. The molecule has 2 rings (SSSR count). The van der Waals surface area contributed by atoms with Gasteiger partial charge < -0.3 is 5.73 Å². The molecule has 0 saturated heterocycles. The van der Waals surface area contributed by atoms with Crippen LogP contribution in [0.15, 0.2) is 59.7 Å². The van der Waals surface area contributed by atoms with E-state index in [9.17, 15) is 0 Å². The quantitative estimate of drug-likeness (QED) is 0.449. The maximum absolute atomic E-state index is 8.81. The van der Waals surface area contributed by atoms with Gasteiger partial charge in [0.25, 0.3) is 0 Å². The van der Waals surface area contributed by atoms with E-state index in [1.165, 1.54) is 11.1 Å². The van der Waals surface area contributed by atoms with Crippen LogP contribution in [0.25, 0.3) is 0 Å². The Morgan fingerprint density at radius 3 is 2.17 bits per heavy atom. The summed E-state index contributed by atoms with van der Waals surface area (Å²) in [5, 5.41) is 19.8. The summed E-state index contributed by atoms with van der Waals surface area (Å²) >= 11 is 0. The van der Waals surface area contributed by atoms with E-state index < -0.39 is 0 Å². The lowest BCUT2D eigenvalue weighted by atomic mass is 9.78. The van der Waals surface area contributed by atoms with Crippen LogP contribution in [0.4, 0.5) is 5.69 Å². The van der Waals surface area contributed by atoms with Gasteiger partial charge in [-0.25, -0.2) is 0 Å². The Labute approximate surface area is 136 Å². The number of nitriles is 1. The van der Waals surface area contributed by atoms with E-state index in [1.807, 2.05) is 42.5 Å². The van der Waals surface area contributed by atoms with E-state index in [-0.39, 0.29) is 17.0 Å². The van der Waals surface area contributed by atoms with Crippen LogP contribution >= 0.6 is 0 Å². The van der Waals surface area contributed by atoms with E-state index >= 15 is 0 Å². The molecule has 0 atom stereocenters. The second-order valence-electron chi connectivity index (χ2n) is 5.67. The first kappa shape index (κ1) is 16.2. The van der Waals surface area contributed by atoms with Crippen molar-refractivity contribution in [2.24, 2.45) is 10.8 Å². The third kappa shape index (κ3) is 3.74. The highest BCUT2D eigenvalue weighted by Gasteiger charge is 2.22. The molecule has 0 radical (unpaired) electrons. The highest BCUT2D eigenvalue weighted by Crippen LogP contribution is 2.31. The SMILES string of the molecule is CC(C)(c1ccccc1)c1ccc(N/N=C(\C#N)C(=N)N)cc1. The van der Waals surface area contributed by atoms with E-state index in [4.69, 9.17) is 16.4 Å². The lowest BCUT2D eigenvalue weighted by molar-refractivity contribution is 0.641. The van der Waals surface area contributed by atoms with Gasteiger partial charge in [0.15, 0.2) is 5.84 Å². The van der Waals surface area contributed by atoms with Gasteiger partial charge in [-0.05, 0) is 23.3 Å². The number of rotatable bonds is 5. The molecule has 0 saturated carbocycles. The normalized spacial score (nSPS) is 11.6. The van der Waals surface area contributed by atoms with Crippen molar-refractivity contribution >= 4 is 17.2 Å². The Hall–Kier alpha value is -3.13. The molecule has 0 unspecified atom stereocenters. The minimum Gasteiger partial charge on any atom is -0.382 e. The summed E-state index contributed by atoms with van der Waals surface area (Å²) in [4.78, 5) is 0. The molecule has 0 heterocycles. The van der Waals surface area contributed by atoms with Crippen molar-refractivity contribution in [2.45, 2.75) is 19.3 Å². The lowest BCUT2D eigenvalue weighted by Crippen LogP contribution is -2.22. The van der Waals surface area contributed by atoms with Gasteiger partial charge in [0.05, 0.1) is 5.69 Å². The molecular formula is C18H19N5. The summed E-state index contributed by atoms with van der Waals surface area (Å²) < 4.78 is 0. The fourth-order valence-electron chi connectivity index (χ4n) is 2.25. The fourth-order valence-corrected chi connectivity index (χ4v) is 2.25. The number of nitrogens with zero attached hydrogens (tertiary/aromatic N) is 2. The topological polar surface area (TPSA) is 98.0 Å². The van der Waals surface area contributed by atoms with Crippen molar-refractivity contribution in [3.63, 3.8) is 0 Å². The van der Waals surface area contributed by atoms with Gasteiger partial charge in [-0.2, -0.15) is 10.4 Å². The predicted octanol–water partition coefficient (Wildman–Crippen LogP) is 3.24. The van der Waals surface area contributed by atoms with Crippen molar-refractivity contribution in [3.05, 3.63) is 65.7 Å². The molecule has 116 valence electrons. The number of nitrogens with one attached hydrogen (secondary N) is 2. The van der Waals surface area contributed by atoms with Crippen LogP contribution in [0.2, 0.25) is 0 Å². The Morgan fingerprint density at radius 1 is 1.09 bits per heavy atom. The second kappa shape index (κ2) is 6.75. The van der Waals surface area contributed by atoms with Gasteiger partial charge in [-0.1, -0.05) is 56.3 Å². The van der Waals surface area contributed by atoms with Gasteiger partial charge >= 0.3 is 0 Å². The molecule has 0 aliphatic carbocycles. The number of amidine groups is 1. The zero-order chi connectivity index (χ0) is 16.9. The Balaban J connectivity index is 2.20. The van der Waals surface area contributed by atoms with Crippen LogP contribution in [0.5, 0.6) is 0 Å². The van der Waals surface area contributed by atoms with Gasteiger partial charge in [-0.3, -0.25) is 10.8 Å². The minimum atomic E-state index is -0.359. The summed E-state index contributed by atoms with van der Waals surface area (Å²) in [6.45, 7) is 4.35. The standard InChI is InChI=1S/C18H19N5/c1-18(2,13-6-4-3-5-7-13)14-8-10-15(11-9-14)22-23-16(12-19)17(20)21/h3-11,22H,1-2H3,(H3,20,21)/b23-16+. The molecule has 23 heavy (non-hydrogen) atoms. The first-order chi connectivity index (χ1) is 10.9. The number of hydrazone groups is 1. The molecule has 0 aromatic heterocycles. The van der Waals surface area contributed by atoms with Crippen LogP contribution in [0.1, 0.15) is 25.0 Å². The molecule has 5 heteroatoms. The van der Waals surface area contributed by atoms with Crippen molar-refractivity contribution in [2.75, 3.05) is 5.43 Å². The smallest absolute Gasteiger partial charge is 0.201 e. The number of hydrogen-bond acceptors (Lipinski definition) is 4. The third-order valence-corrected chi connectivity index (χ3v) is 3.76. The maximum atomic E-state index is 8.81. The summed E-state index contributed by atoms with van der Waals surface area (Å²) in [6.07, 6.45) is 0. The van der Waals surface area contributed by atoms with E-state index in [1.54, 1.807) is 6.07 Å². The predicted molar refractivity (Wildman–Crippen MR) is 93.6 cm³/mol. The summed E-state index contributed by atoms with van der Waals surface area (Å²) in [5.74, 6) is -0.359. The zero-order valence-electron chi connectivity index (χ0n) is 13.2. The number of nitrogens with two attached hydrogens (primary N) is 1. The Bertz CT molecular complexity index is 752. The molecule has 4 N–H and O–H groups in total. The first-order valence-electron chi connectivity index (χ1n) is 7.19. The molecule has 0 aliphatic rings. The molecule has 0 amide bonds. The van der Waals surface area contributed by atoms with Crippen molar-refractivity contribution < 1.29 is 0 Å². The lowest BCUT2D eigenvalue weighted by Gasteiger charge is -2.26. The second-order valence-corrected chi connectivity index (χ2v) is 5.67. The monoisotopic (exact) mass is 305 g/mol. The highest BCUT2D eigenvalue weighted by atomic mass is 15.3. The number of anilines is 1. The molecule has 2 aromatic rings. The first-order valence-corrected chi connectivity index (χ1v) is 7.19. The van der Waals surface area contributed by atoms with Crippen molar-refractivity contribution in [1.82, 2.24) is 0 Å². The maximum Gasteiger partial charge on any atom is 0.201 e. The van der Waals surface area contributed by atoms with E-state index in [2.05, 4.69) is 36.5 Å². The van der Waals surface area contributed by atoms with Crippen LogP contribution < -0.4 is 11.2 Å². The highest BCUT2D eigenvalue weighted by molar-refractivity contribution is 6.45. The number of benzene rings is 2. The zero-order valence-corrected chi connectivity index (χ0v) is 13.2. The molecule has 0 bridgehead atoms. The van der Waals surface area contributed by atoms with Gasteiger partial charge in [0, 0.05) is 5.41 Å². The molecule has 0 spiro atoms. The van der Waals surface area contributed by atoms with Crippen LogP contribution in [0.3, 0.4) is 0 Å². The average molecular weight is 305 g/mol. The van der Waals surface area contributed by atoms with Crippen molar-refractivity contribution in [1.29, 1.82) is 10.7 Å². The van der Waals surface area contributed by atoms with Crippen LogP contribution in [-0.2, 0) is 5.41 Å². The average Bonchev–Trinajstić information content (AvgIpc) is 2.56. The molecule has 0 fully saturated rings. The van der Waals surface area contributed by atoms with E-state index in [0.717, 1.165) is 5.69 Å². The van der Waals surface area contributed by atoms with Crippen LogP contribution in [0, 0.1) is 16.7 Å². The fraction of sp³-hybridized carbons (Fsp3) is 0.167. The molecule has 2 aromatic carbocycles. The summed E-state index contributed by atoms with van der Waals surface area (Å²) in [7, 11) is 0. The van der Waals surface area contributed by atoms with Gasteiger partial charge in [0.2, 0.25) is 5.71 Å². The Kier molecular flexibility index (Phi) is 4.77. The summed E-state index contributed by atoms with van der Waals surface area (Å²) in [5.41, 5.74) is 10.9. The molecule has 0 aliphatic heterocycles. The minimum absolute atomic E-state index is 0.111. The van der Waals surface area contributed by atoms with Gasteiger partial charge in [0.1, 0.15) is 6.07 Å². The third-order valence-electron chi connectivity index (χ3n) is 3.76. The number of hydrogen-bond donors (Lipinski definition) is 3. The van der Waals surface area contributed by atoms with Crippen molar-refractivity contribution in [3.8, 4) is 6.07 Å². The Morgan fingerprint density at radius 2 is 1.65 bits per heavy atom. The summed E-state index contributed by atoms with van der Waals surface area (Å²) in [6, 6.07) is 19.9. The van der Waals surface area contributed by atoms with Crippen LogP contribution in [-0.4, -0.2) is 11.5 Å². The largest absolute Gasteiger partial charge is 0.382 e.